The van der Waals surface area contributed by atoms with Crippen LogP contribution in [0.25, 0.3) is 6.08 Å². The summed E-state index contributed by atoms with van der Waals surface area (Å²) in [7, 11) is 1.27. The molecule has 8 nitrogen and oxygen atoms in total. The number of methoxy groups -OCH3 is 1. The van der Waals surface area contributed by atoms with Gasteiger partial charge in [0.05, 0.1) is 17.6 Å². The van der Waals surface area contributed by atoms with Gasteiger partial charge in [-0.15, -0.1) is 0 Å². The molecule has 0 radical (unpaired) electrons. The number of nitriles is 1. The summed E-state index contributed by atoms with van der Waals surface area (Å²) in [5.41, 5.74) is 0.699. The van der Waals surface area contributed by atoms with Gasteiger partial charge in [-0.25, -0.2) is 4.79 Å². The normalized spacial score (nSPS) is 10.5. The highest BCUT2D eigenvalue weighted by Crippen LogP contribution is 2.18. The molecule has 0 aliphatic rings. The Hall–Kier alpha value is -3.99. The minimum absolute atomic E-state index is 0.177. The lowest BCUT2D eigenvalue weighted by molar-refractivity contribution is -0.384. The van der Waals surface area contributed by atoms with E-state index in [0.29, 0.717) is 11.1 Å². The van der Waals surface area contributed by atoms with Crippen molar-refractivity contribution in [2.24, 2.45) is 0 Å². The summed E-state index contributed by atoms with van der Waals surface area (Å²) in [5, 5.41) is 22.4. The summed E-state index contributed by atoms with van der Waals surface area (Å²) >= 11 is 0. The Balaban J connectivity index is 2.19. The molecule has 0 saturated carbocycles. The van der Waals surface area contributed by atoms with Crippen molar-refractivity contribution in [2.45, 2.75) is 0 Å². The van der Waals surface area contributed by atoms with Crippen molar-refractivity contribution in [1.29, 1.82) is 5.26 Å². The second kappa shape index (κ2) is 8.21. The van der Waals surface area contributed by atoms with Crippen molar-refractivity contribution in [2.75, 3.05) is 12.4 Å². The van der Waals surface area contributed by atoms with Gasteiger partial charge in [0.15, 0.2) is 0 Å². The molecule has 0 spiro atoms. The summed E-state index contributed by atoms with van der Waals surface area (Å²) in [6.07, 6.45) is 1.34. The van der Waals surface area contributed by atoms with E-state index in [-0.39, 0.29) is 16.9 Å². The third-order valence-corrected chi connectivity index (χ3v) is 3.32. The zero-order valence-corrected chi connectivity index (χ0v) is 13.6. The maximum Gasteiger partial charge on any atom is 0.337 e. The van der Waals surface area contributed by atoms with Crippen LogP contribution in [-0.4, -0.2) is 23.9 Å². The molecule has 0 bridgehead atoms. The highest BCUT2D eigenvalue weighted by atomic mass is 16.6. The minimum atomic E-state index is -0.704. The van der Waals surface area contributed by atoms with E-state index in [0.717, 1.165) is 0 Å². The van der Waals surface area contributed by atoms with Gasteiger partial charge in [-0.05, 0) is 29.8 Å². The molecule has 2 rings (SSSR count). The average Bonchev–Trinajstić information content (AvgIpc) is 2.66. The molecule has 1 amide bonds. The van der Waals surface area contributed by atoms with E-state index in [9.17, 15) is 25.0 Å². The quantitative estimate of drug-likeness (QED) is 0.290. The first-order valence-electron chi connectivity index (χ1n) is 7.30. The topological polar surface area (TPSA) is 122 Å². The molecule has 8 heteroatoms. The zero-order valence-electron chi connectivity index (χ0n) is 13.6. The van der Waals surface area contributed by atoms with E-state index in [1.807, 2.05) is 0 Å². The van der Waals surface area contributed by atoms with Gasteiger partial charge in [0.2, 0.25) is 0 Å². The van der Waals surface area contributed by atoms with Crippen LogP contribution in [0.3, 0.4) is 0 Å². The summed E-state index contributed by atoms with van der Waals surface area (Å²) in [5.74, 6) is -1.20. The Labute approximate surface area is 148 Å². The lowest BCUT2D eigenvalue weighted by Crippen LogP contribution is -2.13. The fourth-order valence-electron chi connectivity index (χ4n) is 2.04. The molecule has 2 aromatic carbocycles. The molecule has 0 fully saturated rings. The number of esters is 1. The van der Waals surface area contributed by atoms with E-state index >= 15 is 0 Å². The molecule has 0 saturated heterocycles. The molecule has 0 aliphatic carbocycles. The minimum Gasteiger partial charge on any atom is -0.465 e. The first kappa shape index (κ1) is 18.4. The molecule has 26 heavy (non-hydrogen) atoms. The number of nitro benzene ring substituents is 1. The number of hydrogen-bond donors (Lipinski definition) is 1. The molecular formula is C18H13N3O5. The van der Waals surface area contributed by atoms with Gasteiger partial charge in [0, 0.05) is 17.8 Å². The number of rotatable bonds is 5. The Morgan fingerprint density at radius 3 is 2.50 bits per heavy atom. The van der Waals surface area contributed by atoms with E-state index in [2.05, 4.69) is 10.1 Å². The van der Waals surface area contributed by atoms with Crippen LogP contribution in [0.1, 0.15) is 15.9 Å². The number of non-ortho nitro benzene ring substituents is 1. The number of nitrogens with one attached hydrogen (secondary N) is 1. The number of hydrogen-bond acceptors (Lipinski definition) is 6. The second-order valence-electron chi connectivity index (χ2n) is 5.04. The Bertz CT molecular complexity index is 927. The summed E-state index contributed by atoms with van der Waals surface area (Å²) in [6.45, 7) is 0. The predicted octanol–water partition coefficient (Wildman–Crippen LogP) is 2.93. The third kappa shape index (κ3) is 4.52. The number of benzene rings is 2. The van der Waals surface area contributed by atoms with Crippen molar-refractivity contribution in [3.05, 3.63) is 75.3 Å². The maximum absolute atomic E-state index is 12.2. The first-order chi connectivity index (χ1) is 12.4. The smallest absolute Gasteiger partial charge is 0.337 e. The SMILES string of the molecule is COC(=O)c1ccc(/C=C(/C#N)C(=O)Nc2cccc([N+](=O)[O-])c2)cc1. The van der Waals surface area contributed by atoms with Crippen molar-refractivity contribution in [3.8, 4) is 6.07 Å². The average molecular weight is 351 g/mol. The number of carbonyl (C=O) groups is 2. The van der Waals surface area contributed by atoms with Crippen LogP contribution in [0.4, 0.5) is 11.4 Å². The number of amides is 1. The molecular weight excluding hydrogens is 338 g/mol. The van der Waals surface area contributed by atoms with Gasteiger partial charge in [-0.3, -0.25) is 14.9 Å². The third-order valence-electron chi connectivity index (χ3n) is 3.32. The van der Waals surface area contributed by atoms with E-state index < -0.39 is 16.8 Å². The van der Waals surface area contributed by atoms with Crippen LogP contribution < -0.4 is 5.32 Å². The van der Waals surface area contributed by atoms with Gasteiger partial charge in [-0.1, -0.05) is 18.2 Å². The van der Waals surface area contributed by atoms with Crippen molar-refractivity contribution in [3.63, 3.8) is 0 Å². The van der Waals surface area contributed by atoms with Crippen molar-refractivity contribution >= 4 is 29.3 Å². The summed E-state index contributed by atoms with van der Waals surface area (Å²) < 4.78 is 4.59. The summed E-state index contributed by atoms with van der Waals surface area (Å²) in [6, 6.07) is 13.3. The molecule has 130 valence electrons. The van der Waals surface area contributed by atoms with E-state index in [1.54, 1.807) is 18.2 Å². The van der Waals surface area contributed by atoms with E-state index in [1.165, 1.54) is 49.6 Å². The Morgan fingerprint density at radius 1 is 1.23 bits per heavy atom. The second-order valence-corrected chi connectivity index (χ2v) is 5.04. The van der Waals surface area contributed by atoms with Crippen LogP contribution in [-0.2, 0) is 9.53 Å². The molecule has 1 N–H and O–H groups in total. The number of anilines is 1. The maximum atomic E-state index is 12.2. The molecule has 0 aromatic heterocycles. The summed E-state index contributed by atoms with van der Waals surface area (Å²) in [4.78, 5) is 33.8. The van der Waals surface area contributed by atoms with Gasteiger partial charge >= 0.3 is 5.97 Å². The largest absolute Gasteiger partial charge is 0.465 e. The number of nitrogens with zero attached hydrogens (tertiary/aromatic N) is 2. The Kier molecular flexibility index (Phi) is 5.79. The molecule has 2 aromatic rings. The Morgan fingerprint density at radius 2 is 1.92 bits per heavy atom. The molecule has 0 unspecified atom stereocenters. The lowest BCUT2D eigenvalue weighted by atomic mass is 10.1. The number of carbonyl (C=O) groups excluding carboxylic acids is 2. The fraction of sp³-hybridized carbons (Fsp3) is 0.0556. The number of ether oxygens (including phenoxy) is 1. The highest BCUT2D eigenvalue weighted by molar-refractivity contribution is 6.09. The fourth-order valence-corrected chi connectivity index (χ4v) is 2.04. The molecule has 0 heterocycles. The predicted molar refractivity (Wildman–Crippen MR) is 93.1 cm³/mol. The van der Waals surface area contributed by atoms with Gasteiger partial charge in [0.25, 0.3) is 11.6 Å². The lowest BCUT2D eigenvalue weighted by Gasteiger charge is -2.04. The van der Waals surface area contributed by atoms with Gasteiger partial charge in [-0.2, -0.15) is 5.26 Å². The van der Waals surface area contributed by atoms with E-state index in [4.69, 9.17) is 0 Å². The monoisotopic (exact) mass is 351 g/mol. The number of nitro groups is 1. The van der Waals surface area contributed by atoms with Gasteiger partial charge in [0.1, 0.15) is 11.6 Å². The molecule has 0 atom stereocenters. The van der Waals surface area contributed by atoms with Crippen molar-refractivity contribution < 1.29 is 19.2 Å². The van der Waals surface area contributed by atoms with Crippen LogP contribution >= 0.6 is 0 Å². The van der Waals surface area contributed by atoms with Crippen LogP contribution in [0.15, 0.2) is 54.1 Å². The van der Waals surface area contributed by atoms with Crippen LogP contribution in [0.2, 0.25) is 0 Å². The van der Waals surface area contributed by atoms with Gasteiger partial charge < -0.3 is 10.1 Å². The van der Waals surface area contributed by atoms with Crippen molar-refractivity contribution in [1.82, 2.24) is 0 Å². The van der Waals surface area contributed by atoms with Crippen LogP contribution in [0, 0.1) is 21.4 Å². The molecule has 0 aliphatic heterocycles. The zero-order chi connectivity index (χ0) is 19.1. The first-order valence-corrected chi connectivity index (χ1v) is 7.30. The standard InChI is InChI=1S/C18H13N3O5/c1-26-18(23)13-7-5-12(6-8-13)9-14(11-19)17(22)20-15-3-2-4-16(10-15)21(24)25/h2-10H,1H3,(H,20,22)/b14-9-. The van der Waals surface area contributed by atoms with Crippen LogP contribution in [0.5, 0.6) is 0 Å². The highest BCUT2D eigenvalue weighted by Gasteiger charge is 2.12.